The number of nitriles is 1. The number of rotatable bonds is 8. The summed E-state index contributed by atoms with van der Waals surface area (Å²) in [6.45, 7) is 7.64. The van der Waals surface area contributed by atoms with Crippen molar-refractivity contribution in [2.45, 2.75) is 39.7 Å². The molecule has 8 heteroatoms. The molecule has 0 atom stereocenters. The number of thiazole rings is 1. The molecule has 0 unspecified atom stereocenters. The molecule has 0 saturated heterocycles. The number of ether oxygens (including phenoxy) is 1. The molecule has 0 fully saturated rings. The Morgan fingerprint density at radius 2 is 2.24 bits per heavy atom. The Morgan fingerprint density at radius 3 is 2.86 bits per heavy atom. The van der Waals surface area contributed by atoms with Crippen LogP contribution in [0.5, 0.6) is 0 Å². The van der Waals surface area contributed by atoms with E-state index in [4.69, 9.17) is 16.3 Å². The van der Waals surface area contributed by atoms with Crippen molar-refractivity contribution in [3.05, 3.63) is 54.7 Å². The predicted octanol–water partition coefficient (Wildman–Crippen LogP) is 2.75. The van der Waals surface area contributed by atoms with Crippen molar-refractivity contribution < 1.29 is 9.53 Å². The first-order chi connectivity index (χ1) is 14.0. The van der Waals surface area contributed by atoms with Gasteiger partial charge in [0.2, 0.25) is 0 Å². The van der Waals surface area contributed by atoms with Gasteiger partial charge < -0.3 is 9.72 Å². The highest BCUT2D eigenvalue weighted by Crippen LogP contribution is 2.19. The summed E-state index contributed by atoms with van der Waals surface area (Å²) in [7, 11) is 0. The highest BCUT2D eigenvalue weighted by molar-refractivity contribution is 7.07. The van der Waals surface area contributed by atoms with Gasteiger partial charge in [0, 0.05) is 17.8 Å². The number of carbonyl (C=O) groups excluding carboxylic acids is 1. The topological polar surface area (TPSA) is 87.9 Å². The summed E-state index contributed by atoms with van der Waals surface area (Å²) in [6, 6.07) is 3.77. The number of aryl methyl sites for hydroxylation is 1. The molecular formula is C21H22ClN3O3S. The number of carbonyl (C=O) groups is 1. The van der Waals surface area contributed by atoms with Crippen LogP contribution in [-0.2, 0) is 22.5 Å². The lowest BCUT2D eigenvalue weighted by Gasteiger charge is -2.00. The SMILES string of the molecule is C=CCOC(=O)/C(C#N)=c1\sc(=C=Cc2cc(CCCC)[nH]c2Cl)c(=O)n1CC. The van der Waals surface area contributed by atoms with Crippen LogP contribution in [0.2, 0.25) is 5.15 Å². The van der Waals surface area contributed by atoms with Gasteiger partial charge >= 0.3 is 5.97 Å². The van der Waals surface area contributed by atoms with E-state index in [1.54, 1.807) is 13.0 Å². The van der Waals surface area contributed by atoms with Crippen molar-refractivity contribution in [1.29, 1.82) is 5.26 Å². The second-order valence-electron chi connectivity index (χ2n) is 6.12. The maximum Gasteiger partial charge on any atom is 0.352 e. The first kappa shape index (κ1) is 22.5. The van der Waals surface area contributed by atoms with Gasteiger partial charge in [-0.25, -0.2) is 4.79 Å². The third-order valence-electron chi connectivity index (χ3n) is 4.07. The summed E-state index contributed by atoms with van der Waals surface area (Å²) in [6.07, 6.45) is 6.06. The molecule has 0 aromatic carbocycles. The molecule has 0 bridgehead atoms. The molecule has 0 aliphatic rings. The molecule has 1 N–H and O–H groups in total. The zero-order valence-corrected chi connectivity index (χ0v) is 18.0. The summed E-state index contributed by atoms with van der Waals surface area (Å²) < 4.78 is 6.83. The van der Waals surface area contributed by atoms with Crippen LogP contribution in [0.1, 0.15) is 37.9 Å². The van der Waals surface area contributed by atoms with Crippen LogP contribution in [0, 0.1) is 11.3 Å². The Balaban J connectivity index is 2.60. The van der Waals surface area contributed by atoms with Crippen molar-refractivity contribution in [2.75, 3.05) is 6.61 Å². The second kappa shape index (κ2) is 10.7. The molecule has 2 aromatic heterocycles. The number of aromatic nitrogens is 2. The molecule has 2 heterocycles. The number of unbranched alkanes of at least 4 members (excludes halogenated alkanes) is 1. The summed E-state index contributed by atoms with van der Waals surface area (Å²) in [5.41, 5.74) is 4.16. The lowest BCUT2D eigenvalue weighted by atomic mass is 10.2. The zero-order valence-electron chi connectivity index (χ0n) is 16.4. The van der Waals surface area contributed by atoms with Crippen LogP contribution >= 0.6 is 22.9 Å². The summed E-state index contributed by atoms with van der Waals surface area (Å²) in [4.78, 5) is 28.0. The van der Waals surface area contributed by atoms with Crippen LogP contribution in [0.25, 0.3) is 17.4 Å². The number of H-pyrrole nitrogens is 1. The van der Waals surface area contributed by atoms with Crippen molar-refractivity contribution in [3.8, 4) is 6.07 Å². The molecule has 0 aliphatic heterocycles. The van der Waals surface area contributed by atoms with Gasteiger partial charge in [0.25, 0.3) is 5.56 Å². The van der Waals surface area contributed by atoms with Gasteiger partial charge in [-0.15, -0.1) is 11.3 Å². The van der Waals surface area contributed by atoms with E-state index in [0.29, 0.717) is 11.7 Å². The van der Waals surface area contributed by atoms with Crippen molar-refractivity contribution in [2.24, 2.45) is 0 Å². The third kappa shape index (κ3) is 5.39. The van der Waals surface area contributed by atoms with Crippen LogP contribution in [0.15, 0.2) is 23.5 Å². The van der Waals surface area contributed by atoms with E-state index in [9.17, 15) is 14.9 Å². The molecule has 2 rings (SSSR count). The van der Waals surface area contributed by atoms with Gasteiger partial charge in [0.05, 0.1) is 0 Å². The summed E-state index contributed by atoms with van der Waals surface area (Å²) >= 11 is 7.25. The van der Waals surface area contributed by atoms with E-state index in [1.807, 2.05) is 12.1 Å². The largest absolute Gasteiger partial charge is 0.457 e. The number of esters is 1. The Hall–Kier alpha value is -2.78. The van der Waals surface area contributed by atoms with Crippen LogP contribution in [0.4, 0.5) is 0 Å². The van der Waals surface area contributed by atoms with E-state index in [2.05, 4.69) is 24.2 Å². The Labute approximate surface area is 177 Å². The number of nitrogens with one attached hydrogen (secondary N) is 1. The minimum absolute atomic E-state index is 0.0169. The number of halogens is 1. The maximum atomic E-state index is 12.7. The Morgan fingerprint density at radius 1 is 1.48 bits per heavy atom. The number of aromatic amines is 1. The second-order valence-corrected chi connectivity index (χ2v) is 7.49. The predicted molar refractivity (Wildman–Crippen MR) is 116 cm³/mol. The van der Waals surface area contributed by atoms with Gasteiger partial charge in [-0.2, -0.15) is 5.26 Å². The fourth-order valence-corrected chi connectivity index (χ4v) is 3.91. The quantitative estimate of drug-likeness (QED) is 0.514. The number of hydrogen-bond acceptors (Lipinski definition) is 5. The molecule has 2 aromatic rings. The van der Waals surface area contributed by atoms with Crippen molar-refractivity contribution >= 4 is 46.3 Å². The smallest absolute Gasteiger partial charge is 0.352 e. The van der Waals surface area contributed by atoms with E-state index in [1.165, 1.54) is 10.6 Å². The van der Waals surface area contributed by atoms with Gasteiger partial charge in [-0.05, 0) is 31.9 Å². The fourth-order valence-electron chi connectivity index (χ4n) is 2.61. The lowest BCUT2D eigenvalue weighted by Crippen LogP contribution is -2.32. The van der Waals surface area contributed by atoms with Gasteiger partial charge in [0.15, 0.2) is 5.57 Å². The normalized spacial score (nSPS) is 11.4. The van der Waals surface area contributed by atoms with Gasteiger partial charge in [0.1, 0.15) is 27.0 Å². The van der Waals surface area contributed by atoms with E-state index in [-0.39, 0.29) is 26.9 Å². The fraction of sp³-hybridized carbons (Fsp3) is 0.333. The van der Waals surface area contributed by atoms with Crippen LogP contribution in [0.3, 0.4) is 0 Å². The van der Waals surface area contributed by atoms with Crippen LogP contribution < -0.4 is 14.8 Å². The molecule has 0 aliphatic carbocycles. The van der Waals surface area contributed by atoms with Crippen molar-refractivity contribution in [1.82, 2.24) is 9.55 Å². The molecule has 29 heavy (non-hydrogen) atoms. The Kier molecular flexibility index (Phi) is 8.29. The molecule has 6 nitrogen and oxygen atoms in total. The van der Waals surface area contributed by atoms with Gasteiger partial charge in [-0.3, -0.25) is 9.36 Å². The molecule has 0 saturated carbocycles. The highest BCUT2D eigenvalue weighted by Gasteiger charge is 2.16. The molecule has 152 valence electrons. The standard InChI is InChI=1S/C21H22ClN3O3S/c1-4-7-8-15-12-14(18(22)24-15)9-10-17-19(26)25(6-3)20(29-17)16(13-23)21(27)28-11-5-2/h5,9,12,24H,2,4,6-8,11H2,1,3H3/b20-16-. The minimum atomic E-state index is -0.791. The van der Waals surface area contributed by atoms with Gasteiger partial charge in [-0.1, -0.05) is 43.3 Å². The number of nitrogens with zero attached hydrogens (tertiary/aromatic N) is 2. The molecular weight excluding hydrogens is 410 g/mol. The van der Waals surface area contributed by atoms with E-state index in [0.717, 1.165) is 41.9 Å². The summed E-state index contributed by atoms with van der Waals surface area (Å²) in [5.74, 6) is -0.791. The number of hydrogen-bond donors (Lipinski definition) is 1. The third-order valence-corrected chi connectivity index (χ3v) is 5.50. The van der Waals surface area contributed by atoms with Crippen LogP contribution in [-0.4, -0.2) is 22.1 Å². The minimum Gasteiger partial charge on any atom is -0.457 e. The summed E-state index contributed by atoms with van der Waals surface area (Å²) in [5, 5.41) is 9.90. The highest BCUT2D eigenvalue weighted by atomic mass is 35.5. The van der Waals surface area contributed by atoms with E-state index >= 15 is 0 Å². The van der Waals surface area contributed by atoms with Crippen molar-refractivity contribution in [3.63, 3.8) is 0 Å². The van der Waals surface area contributed by atoms with E-state index < -0.39 is 5.97 Å². The molecule has 0 amide bonds. The first-order valence-corrected chi connectivity index (χ1v) is 10.4. The Bertz CT molecular complexity index is 1160. The lowest BCUT2D eigenvalue weighted by molar-refractivity contribution is -0.135. The molecule has 0 radical (unpaired) electrons. The monoisotopic (exact) mass is 431 g/mol. The first-order valence-electron chi connectivity index (χ1n) is 9.22. The zero-order chi connectivity index (χ0) is 21.4. The average molecular weight is 432 g/mol. The maximum absolute atomic E-state index is 12.7. The average Bonchev–Trinajstić information content (AvgIpc) is 3.22. The molecule has 0 spiro atoms.